The van der Waals surface area contributed by atoms with Crippen LogP contribution >= 0.6 is 15.9 Å². The summed E-state index contributed by atoms with van der Waals surface area (Å²) in [4.78, 5) is 17.5. The molecule has 2 atom stereocenters. The number of halogens is 2. The van der Waals surface area contributed by atoms with Gasteiger partial charge in [-0.05, 0) is 47.3 Å². The Kier molecular flexibility index (Phi) is 3.74. The molecule has 130 valence electrons. The van der Waals surface area contributed by atoms with Gasteiger partial charge in [0.15, 0.2) is 11.6 Å². The SMILES string of the molecule is Fc1c(C2CC2)ncnc1N1CC2CC1CN2Cc1ccc(Br)cn1. The summed E-state index contributed by atoms with van der Waals surface area (Å²) in [5, 5.41) is 0. The average Bonchev–Trinajstić information content (AvgIpc) is 3.27. The Morgan fingerprint density at radius 1 is 1.12 bits per heavy atom. The zero-order chi connectivity index (χ0) is 17.0. The molecule has 0 amide bonds. The number of hydrogen-bond donors (Lipinski definition) is 0. The maximum atomic E-state index is 14.8. The molecule has 4 heterocycles. The third-order valence-electron chi connectivity index (χ3n) is 5.54. The molecule has 2 aliphatic heterocycles. The number of aromatic nitrogens is 3. The molecule has 2 bridgehead atoms. The van der Waals surface area contributed by atoms with Gasteiger partial charge in [-0.1, -0.05) is 0 Å². The van der Waals surface area contributed by atoms with Gasteiger partial charge in [-0.2, -0.15) is 0 Å². The van der Waals surface area contributed by atoms with Gasteiger partial charge in [0, 0.05) is 48.3 Å². The van der Waals surface area contributed by atoms with E-state index in [1.807, 2.05) is 12.3 Å². The van der Waals surface area contributed by atoms with Crippen LogP contribution in [-0.2, 0) is 6.54 Å². The van der Waals surface area contributed by atoms with Gasteiger partial charge in [-0.15, -0.1) is 0 Å². The molecule has 1 aliphatic carbocycles. The monoisotopic (exact) mass is 403 g/mol. The van der Waals surface area contributed by atoms with E-state index in [0.29, 0.717) is 29.5 Å². The van der Waals surface area contributed by atoms with E-state index in [0.717, 1.165) is 49.1 Å². The molecule has 3 aliphatic rings. The summed E-state index contributed by atoms with van der Waals surface area (Å²) in [6.07, 6.45) is 6.53. The van der Waals surface area contributed by atoms with Crippen LogP contribution < -0.4 is 4.90 Å². The Morgan fingerprint density at radius 2 is 2.00 bits per heavy atom. The number of piperazine rings is 1. The lowest BCUT2D eigenvalue weighted by atomic mass is 10.2. The van der Waals surface area contributed by atoms with Crippen molar-refractivity contribution >= 4 is 21.7 Å². The third kappa shape index (κ3) is 2.83. The summed E-state index contributed by atoms with van der Waals surface area (Å²) in [5.74, 6) is 0.617. The minimum atomic E-state index is -0.196. The van der Waals surface area contributed by atoms with Crippen LogP contribution in [0.4, 0.5) is 10.2 Å². The summed E-state index contributed by atoms with van der Waals surface area (Å²) < 4.78 is 15.8. The molecular formula is C18H19BrFN5. The number of hydrogen-bond acceptors (Lipinski definition) is 5. The Labute approximate surface area is 154 Å². The second-order valence-electron chi connectivity index (χ2n) is 7.26. The van der Waals surface area contributed by atoms with Gasteiger partial charge in [0.05, 0.1) is 11.4 Å². The number of anilines is 1. The van der Waals surface area contributed by atoms with Crippen molar-refractivity contribution in [3.05, 3.63) is 46.3 Å². The topological polar surface area (TPSA) is 45.2 Å². The van der Waals surface area contributed by atoms with E-state index in [1.54, 1.807) is 0 Å². The van der Waals surface area contributed by atoms with E-state index >= 15 is 0 Å². The Hall–Kier alpha value is -1.60. The lowest BCUT2D eigenvalue weighted by molar-refractivity contribution is 0.227. The fourth-order valence-electron chi connectivity index (χ4n) is 4.13. The van der Waals surface area contributed by atoms with Crippen LogP contribution in [0.2, 0.25) is 0 Å². The normalized spacial score (nSPS) is 25.8. The quantitative estimate of drug-likeness (QED) is 0.784. The highest BCUT2D eigenvalue weighted by Crippen LogP contribution is 2.42. The van der Waals surface area contributed by atoms with Crippen molar-refractivity contribution in [3.8, 4) is 0 Å². The first-order valence-corrected chi connectivity index (χ1v) is 9.60. The summed E-state index contributed by atoms with van der Waals surface area (Å²) in [5.41, 5.74) is 1.69. The van der Waals surface area contributed by atoms with Crippen molar-refractivity contribution in [1.29, 1.82) is 0 Å². The molecule has 5 nitrogen and oxygen atoms in total. The first-order chi connectivity index (χ1) is 12.2. The molecule has 0 N–H and O–H groups in total. The van der Waals surface area contributed by atoms with E-state index in [1.165, 1.54) is 6.33 Å². The van der Waals surface area contributed by atoms with Gasteiger partial charge in [-0.25, -0.2) is 14.4 Å². The molecule has 1 saturated carbocycles. The molecule has 2 unspecified atom stereocenters. The molecule has 25 heavy (non-hydrogen) atoms. The first kappa shape index (κ1) is 15.6. The number of fused-ring (bicyclic) bond motifs is 2. The van der Waals surface area contributed by atoms with E-state index in [-0.39, 0.29) is 5.82 Å². The highest BCUT2D eigenvalue weighted by Gasteiger charge is 2.45. The predicted octanol–water partition coefficient (Wildman–Crippen LogP) is 3.11. The highest BCUT2D eigenvalue weighted by molar-refractivity contribution is 9.10. The lowest BCUT2D eigenvalue weighted by Crippen LogP contribution is -2.46. The third-order valence-corrected chi connectivity index (χ3v) is 6.01. The molecule has 2 aromatic heterocycles. The molecule has 0 radical (unpaired) electrons. The van der Waals surface area contributed by atoms with Crippen LogP contribution in [0.1, 0.15) is 36.6 Å². The van der Waals surface area contributed by atoms with E-state index < -0.39 is 0 Å². The molecular weight excluding hydrogens is 385 g/mol. The summed E-state index contributed by atoms with van der Waals surface area (Å²) in [6.45, 7) is 2.62. The van der Waals surface area contributed by atoms with Gasteiger partial charge >= 0.3 is 0 Å². The maximum absolute atomic E-state index is 14.8. The predicted molar refractivity (Wildman–Crippen MR) is 95.9 cm³/mol. The van der Waals surface area contributed by atoms with Crippen LogP contribution in [0.3, 0.4) is 0 Å². The largest absolute Gasteiger partial charge is 0.348 e. The molecule has 0 spiro atoms. The fourth-order valence-corrected chi connectivity index (χ4v) is 4.36. The smallest absolute Gasteiger partial charge is 0.187 e. The maximum Gasteiger partial charge on any atom is 0.187 e. The van der Waals surface area contributed by atoms with E-state index in [2.05, 4.69) is 46.7 Å². The minimum absolute atomic E-state index is 0.196. The van der Waals surface area contributed by atoms with Crippen molar-refractivity contribution in [1.82, 2.24) is 19.9 Å². The van der Waals surface area contributed by atoms with E-state index in [9.17, 15) is 4.39 Å². The molecule has 0 aromatic carbocycles. The number of nitrogens with zero attached hydrogens (tertiary/aromatic N) is 5. The lowest BCUT2D eigenvalue weighted by Gasteiger charge is -2.34. The Balaban J connectivity index is 1.31. The second-order valence-corrected chi connectivity index (χ2v) is 8.18. The number of pyridine rings is 1. The highest BCUT2D eigenvalue weighted by atomic mass is 79.9. The summed E-state index contributed by atoms with van der Waals surface area (Å²) >= 11 is 3.42. The zero-order valence-corrected chi connectivity index (χ0v) is 15.4. The molecule has 2 saturated heterocycles. The molecule has 7 heteroatoms. The van der Waals surface area contributed by atoms with Crippen molar-refractivity contribution in [2.75, 3.05) is 18.0 Å². The Bertz CT molecular complexity index is 795. The van der Waals surface area contributed by atoms with Gasteiger partial charge < -0.3 is 4.90 Å². The van der Waals surface area contributed by atoms with Crippen molar-refractivity contribution in [3.63, 3.8) is 0 Å². The molecule has 2 aromatic rings. The fraction of sp³-hybridized carbons (Fsp3) is 0.500. The summed E-state index contributed by atoms with van der Waals surface area (Å²) in [7, 11) is 0. The van der Waals surface area contributed by atoms with Gasteiger partial charge in [0.1, 0.15) is 6.33 Å². The van der Waals surface area contributed by atoms with Gasteiger partial charge in [0.2, 0.25) is 0 Å². The van der Waals surface area contributed by atoms with Crippen molar-refractivity contribution < 1.29 is 4.39 Å². The zero-order valence-electron chi connectivity index (χ0n) is 13.8. The van der Waals surface area contributed by atoms with E-state index in [4.69, 9.17) is 0 Å². The van der Waals surface area contributed by atoms with Gasteiger partial charge in [-0.3, -0.25) is 9.88 Å². The van der Waals surface area contributed by atoms with Crippen LogP contribution in [-0.4, -0.2) is 45.0 Å². The molecule has 5 rings (SSSR count). The average molecular weight is 404 g/mol. The Morgan fingerprint density at radius 3 is 2.68 bits per heavy atom. The summed E-state index contributed by atoms with van der Waals surface area (Å²) in [6, 6.07) is 4.85. The van der Waals surface area contributed by atoms with Crippen LogP contribution in [0.25, 0.3) is 0 Å². The first-order valence-electron chi connectivity index (χ1n) is 8.80. The van der Waals surface area contributed by atoms with Crippen LogP contribution in [0.5, 0.6) is 0 Å². The number of likely N-dealkylation sites (tertiary alicyclic amines) is 1. The standard InChI is InChI=1S/C18H19BrFN5/c19-12-3-4-13(21-6-12)7-24-8-15-5-14(24)9-25(15)18-16(20)17(11-1-2-11)22-10-23-18/h3-4,6,10-11,14-15H,1-2,5,7-9H2. The second kappa shape index (κ2) is 5.99. The van der Waals surface area contributed by atoms with Crippen LogP contribution in [0, 0.1) is 5.82 Å². The van der Waals surface area contributed by atoms with Crippen molar-refractivity contribution in [2.24, 2.45) is 0 Å². The molecule has 3 fully saturated rings. The minimum Gasteiger partial charge on any atom is -0.348 e. The van der Waals surface area contributed by atoms with Crippen molar-refractivity contribution in [2.45, 2.75) is 43.8 Å². The number of rotatable bonds is 4. The van der Waals surface area contributed by atoms with Crippen LogP contribution in [0.15, 0.2) is 29.1 Å². The van der Waals surface area contributed by atoms with Gasteiger partial charge in [0.25, 0.3) is 0 Å².